The molecule has 0 spiro atoms. The standard InChI is InChI=1S/C22H28O12/c1-8-5-14(24)32-12-6-10(3-4-11(8)12)31-22-20(18(28)16(26)13(7-23)33-22)34-21-19(29)17(27)15(25)9(2)30-21/h3-6,9,13,15-23,25-29H,7H2,1-2H3/t9-,13+,15+,16-,17-,18-,19+,20+,21-,22+/m0/s1. The Labute approximate surface area is 193 Å². The van der Waals surface area contributed by atoms with Crippen molar-refractivity contribution < 1.29 is 54.0 Å². The molecule has 0 amide bonds. The predicted octanol–water partition coefficient (Wildman–Crippen LogP) is -1.87. The van der Waals surface area contributed by atoms with E-state index in [1.807, 2.05) is 0 Å². The predicted molar refractivity (Wildman–Crippen MR) is 113 cm³/mol. The summed E-state index contributed by atoms with van der Waals surface area (Å²) in [6.45, 7) is 2.57. The van der Waals surface area contributed by atoms with E-state index in [-0.39, 0.29) is 11.3 Å². The molecule has 2 saturated heterocycles. The van der Waals surface area contributed by atoms with Gasteiger partial charge >= 0.3 is 5.63 Å². The Morgan fingerprint density at radius 3 is 2.35 bits per heavy atom. The topological polar surface area (TPSA) is 189 Å². The molecule has 0 aliphatic carbocycles. The lowest BCUT2D eigenvalue weighted by Crippen LogP contribution is -2.64. The highest BCUT2D eigenvalue weighted by Crippen LogP contribution is 2.31. The number of ether oxygens (including phenoxy) is 4. The second-order valence-corrected chi connectivity index (χ2v) is 8.51. The van der Waals surface area contributed by atoms with Crippen LogP contribution in [0.4, 0.5) is 0 Å². The minimum Gasteiger partial charge on any atom is -0.462 e. The van der Waals surface area contributed by atoms with Crippen LogP contribution < -0.4 is 10.4 Å². The highest BCUT2D eigenvalue weighted by Gasteiger charge is 2.50. The molecule has 6 N–H and O–H groups in total. The molecule has 2 aliphatic rings. The molecule has 34 heavy (non-hydrogen) atoms. The van der Waals surface area contributed by atoms with Crippen LogP contribution in [0.25, 0.3) is 11.0 Å². The number of hydrogen-bond acceptors (Lipinski definition) is 12. The first-order valence-electron chi connectivity index (χ1n) is 10.8. The molecule has 10 atom stereocenters. The first-order chi connectivity index (χ1) is 16.1. The van der Waals surface area contributed by atoms with Crippen molar-refractivity contribution in [3.63, 3.8) is 0 Å². The van der Waals surface area contributed by atoms with Crippen molar-refractivity contribution in [2.45, 2.75) is 75.3 Å². The van der Waals surface area contributed by atoms with Crippen LogP contribution in [0.15, 0.2) is 33.5 Å². The van der Waals surface area contributed by atoms with E-state index in [1.54, 1.807) is 19.1 Å². The fourth-order valence-electron chi connectivity index (χ4n) is 4.09. The molecule has 0 unspecified atom stereocenters. The van der Waals surface area contributed by atoms with Crippen LogP contribution in [0.5, 0.6) is 5.75 Å². The third kappa shape index (κ3) is 4.69. The maximum absolute atomic E-state index is 11.7. The lowest BCUT2D eigenvalue weighted by Gasteiger charge is -2.45. The average Bonchev–Trinajstić information content (AvgIpc) is 2.80. The molecule has 1 aromatic carbocycles. The van der Waals surface area contributed by atoms with E-state index in [1.165, 1.54) is 19.1 Å². The molecule has 4 rings (SSSR count). The summed E-state index contributed by atoms with van der Waals surface area (Å²) >= 11 is 0. The third-order valence-corrected chi connectivity index (χ3v) is 6.10. The molecule has 0 saturated carbocycles. The maximum Gasteiger partial charge on any atom is 0.336 e. The molecule has 0 bridgehead atoms. The summed E-state index contributed by atoms with van der Waals surface area (Å²) < 4.78 is 27.7. The van der Waals surface area contributed by atoms with Gasteiger partial charge in [-0.25, -0.2) is 4.79 Å². The van der Waals surface area contributed by atoms with E-state index >= 15 is 0 Å². The van der Waals surface area contributed by atoms with Crippen LogP contribution in [-0.2, 0) is 14.2 Å². The summed E-state index contributed by atoms with van der Waals surface area (Å²) in [5, 5.41) is 61.4. The SMILES string of the molecule is Cc1cc(=O)oc2cc(O[C@@H]3O[C@H](CO)[C@H](O)[C@H](O)[C@H]3O[C@@H]3O[C@@H](C)[C@@H](O)[C@H](O)[C@H]3O)ccc12. The van der Waals surface area contributed by atoms with Crippen molar-refractivity contribution in [2.75, 3.05) is 6.61 Å². The van der Waals surface area contributed by atoms with Crippen molar-refractivity contribution in [1.29, 1.82) is 0 Å². The Hall–Kier alpha value is -2.13. The quantitative estimate of drug-likeness (QED) is 0.260. The number of aryl methyl sites for hydroxylation is 1. The second kappa shape index (κ2) is 9.85. The monoisotopic (exact) mass is 484 g/mol. The number of hydrogen-bond donors (Lipinski definition) is 6. The van der Waals surface area contributed by atoms with E-state index in [9.17, 15) is 35.4 Å². The summed E-state index contributed by atoms with van der Waals surface area (Å²) in [7, 11) is 0. The minimum atomic E-state index is -1.68. The van der Waals surface area contributed by atoms with E-state index in [2.05, 4.69) is 0 Å². The molecule has 3 heterocycles. The maximum atomic E-state index is 11.7. The molecule has 2 aromatic rings. The zero-order valence-corrected chi connectivity index (χ0v) is 18.4. The fourth-order valence-corrected chi connectivity index (χ4v) is 4.09. The van der Waals surface area contributed by atoms with Crippen LogP contribution in [0.3, 0.4) is 0 Å². The molecule has 2 fully saturated rings. The van der Waals surface area contributed by atoms with Crippen molar-refractivity contribution in [3.8, 4) is 5.75 Å². The molecule has 188 valence electrons. The minimum absolute atomic E-state index is 0.161. The summed E-state index contributed by atoms with van der Waals surface area (Å²) in [6, 6.07) is 6.01. The zero-order valence-electron chi connectivity index (χ0n) is 18.4. The van der Waals surface area contributed by atoms with Gasteiger partial charge in [0.25, 0.3) is 0 Å². The van der Waals surface area contributed by atoms with Crippen molar-refractivity contribution in [1.82, 2.24) is 0 Å². The van der Waals surface area contributed by atoms with Gasteiger partial charge in [0.1, 0.15) is 48.0 Å². The Morgan fingerprint density at radius 1 is 0.912 bits per heavy atom. The van der Waals surface area contributed by atoms with E-state index in [4.69, 9.17) is 23.4 Å². The molecule has 12 heteroatoms. The van der Waals surface area contributed by atoms with Gasteiger partial charge in [0.15, 0.2) is 12.4 Å². The van der Waals surface area contributed by atoms with Crippen LogP contribution in [0.2, 0.25) is 0 Å². The molecular weight excluding hydrogens is 456 g/mol. The smallest absolute Gasteiger partial charge is 0.336 e. The van der Waals surface area contributed by atoms with Crippen LogP contribution in [0, 0.1) is 6.92 Å². The van der Waals surface area contributed by atoms with Gasteiger partial charge in [0, 0.05) is 17.5 Å². The Morgan fingerprint density at radius 2 is 1.65 bits per heavy atom. The van der Waals surface area contributed by atoms with Crippen molar-refractivity contribution in [3.05, 3.63) is 40.2 Å². The zero-order chi connectivity index (χ0) is 24.7. The Kier molecular flexibility index (Phi) is 7.24. The highest BCUT2D eigenvalue weighted by molar-refractivity contribution is 5.81. The van der Waals surface area contributed by atoms with Gasteiger partial charge < -0.3 is 54.0 Å². The van der Waals surface area contributed by atoms with E-state index in [0.717, 1.165) is 0 Å². The van der Waals surface area contributed by atoms with Gasteiger partial charge in [-0.2, -0.15) is 0 Å². The lowest BCUT2D eigenvalue weighted by molar-refractivity contribution is -0.354. The Balaban J connectivity index is 1.61. The molecular formula is C22H28O12. The van der Waals surface area contributed by atoms with Crippen LogP contribution in [0.1, 0.15) is 12.5 Å². The average molecular weight is 484 g/mol. The largest absolute Gasteiger partial charge is 0.462 e. The summed E-state index contributed by atoms with van der Waals surface area (Å²) in [5.41, 5.74) is 0.395. The molecule has 1 aromatic heterocycles. The van der Waals surface area contributed by atoms with Gasteiger partial charge in [-0.1, -0.05) is 0 Å². The fraction of sp³-hybridized carbons (Fsp3) is 0.591. The molecule has 12 nitrogen and oxygen atoms in total. The van der Waals surface area contributed by atoms with E-state index in [0.29, 0.717) is 10.9 Å². The number of rotatable bonds is 5. The van der Waals surface area contributed by atoms with Gasteiger partial charge in [-0.05, 0) is 31.5 Å². The third-order valence-electron chi connectivity index (χ3n) is 6.10. The molecule has 2 aliphatic heterocycles. The second-order valence-electron chi connectivity index (χ2n) is 8.51. The van der Waals surface area contributed by atoms with Crippen LogP contribution >= 0.6 is 0 Å². The van der Waals surface area contributed by atoms with E-state index < -0.39 is 73.6 Å². The van der Waals surface area contributed by atoms with Gasteiger partial charge in [-0.15, -0.1) is 0 Å². The van der Waals surface area contributed by atoms with Crippen molar-refractivity contribution >= 4 is 11.0 Å². The summed E-state index contributed by atoms with van der Waals surface area (Å²) in [5.74, 6) is 0.161. The number of benzene rings is 1. The van der Waals surface area contributed by atoms with Gasteiger partial charge in [0.05, 0.1) is 12.7 Å². The Bertz CT molecular complexity index is 1060. The summed E-state index contributed by atoms with van der Waals surface area (Å²) in [6.07, 6.45) is -14.3. The first-order valence-corrected chi connectivity index (χ1v) is 10.8. The van der Waals surface area contributed by atoms with Crippen molar-refractivity contribution in [2.24, 2.45) is 0 Å². The lowest BCUT2D eigenvalue weighted by atomic mass is 9.97. The molecule has 0 radical (unpaired) electrons. The highest BCUT2D eigenvalue weighted by atomic mass is 16.8. The normalized spacial score (nSPS) is 38.7. The van der Waals surface area contributed by atoms with Gasteiger partial charge in [0.2, 0.25) is 6.29 Å². The number of aliphatic hydroxyl groups is 6. The number of fused-ring (bicyclic) bond motifs is 1. The number of aliphatic hydroxyl groups excluding tert-OH is 6. The first kappa shape index (κ1) is 25.0. The van der Waals surface area contributed by atoms with Gasteiger partial charge in [-0.3, -0.25) is 0 Å². The van der Waals surface area contributed by atoms with Crippen LogP contribution in [-0.4, -0.2) is 98.7 Å². The summed E-state index contributed by atoms with van der Waals surface area (Å²) in [4.78, 5) is 11.7.